The van der Waals surface area contributed by atoms with Gasteiger partial charge < -0.3 is 9.16 Å². The molecule has 24 heavy (non-hydrogen) atoms. The van der Waals surface area contributed by atoms with Crippen LogP contribution in [0.15, 0.2) is 24.3 Å². The van der Waals surface area contributed by atoms with E-state index in [-0.39, 0.29) is 11.0 Å². The van der Waals surface area contributed by atoms with Crippen molar-refractivity contribution >= 4 is 14.3 Å². The molecule has 1 fully saturated rings. The lowest BCUT2D eigenvalue weighted by Gasteiger charge is -2.36. The van der Waals surface area contributed by atoms with Gasteiger partial charge in [0.2, 0.25) is 0 Å². The first-order valence-electron chi connectivity index (χ1n) is 8.94. The Labute approximate surface area is 147 Å². The fourth-order valence-electron chi connectivity index (χ4n) is 3.18. The van der Waals surface area contributed by atoms with E-state index in [9.17, 15) is 4.79 Å². The highest BCUT2D eigenvalue weighted by Gasteiger charge is 2.43. The fourth-order valence-corrected chi connectivity index (χ4v) is 4.15. The second kappa shape index (κ2) is 7.01. The monoisotopic (exact) mass is 348 g/mol. The van der Waals surface area contributed by atoms with Gasteiger partial charge in [-0.05, 0) is 42.1 Å². The number of carbonyl (C=O) groups excluding carboxylic acids is 1. The van der Waals surface area contributed by atoms with E-state index in [0.717, 1.165) is 31.2 Å². The van der Waals surface area contributed by atoms with Crippen molar-refractivity contribution in [1.82, 2.24) is 0 Å². The highest BCUT2D eigenvalue weighted by atomic mass is 28.4. The average Bonchev–Trinajstić information content (AvgIpc) is 3.02. The lowest BCUT2D eigenvalue weighted by molar-refractivity contribution is -0.147. The Morgan fingerprint density at radius 1 is 1.12 bits per heavy atom. The van der Waals surface area contributed by atoms with Crippen LogP contribution >= 0.6 is 0 Å². The Bertz CT molecular complexity index is 564. The van der Waals surface area contributed by atoms with Gasteiger partial charge in [-0.25, -0.2) is 0 Å². The van der Waals surface area contributed by atoms with Gasteiger partial charge in [0.15, 0.2) is 8.32 Å². The van der Waals surface area contributed by atoms with Crippen LogP contribution < -0.4 is 0 Å². The summed E-state index contributed by atoms with van der Waals surface area (Å²) in [5.41, 5.74) is 1.82. The van der Waals surface area contributed by atoms with Crippen molar-refractivity contribution < 1.29 is 14.0 Å². The van der Waals surface area contributed by atoms with E-state index in [4.69, 9.17) is 9.16 Å². The van der Waals surface area contributed by atoms with Gasteiger partial charge >= 0.3 is 5.97 Å². The summed E-state index contributed by atoms with van der Waals surface area (Å²) in [6, 6.07) is 8.39. The van der Waals surface area contributed by atoms with Crippen LogP contribution in [0, 0.1) is 0 Å². The molecule has 0 radical (unpaired) electrons. The number of hydrogen-bond acceptors (Lipinski definition) is 3. The van der Waals surface area contributed by atoms with Gasteiger partial charge in [0.1, 0.15) is 0 Å². The third-order valence-electron chi connectivity index (χ3n) is 5.95. The van der Waals surface area contributed by atoms with E-state index in [0.29, 0.717) is 6.61 Å². The maximum absolute atomic E-state index is 12.3. The minimum Gasteiger partial charge on any atom is -0.468 e. The molecule has 0 spiro atoms. The van der Waals surface area contributed by atoms with Crippen molar-refractivity contribution in [3.63, 3.8) is 0 Å². The van der Waals surface area contributed by atoms with Gasteiger partial charge in [0.05, 0.1) is 19.1 Å². The maximum atomic E-state index is 12.3. The molecule has 0 N–H and O–H groups in total. The number of benzene rings is 1. The molecule has 0 saturated heterocycles. The number of ether oxygens (including phenoxy) is 1. The molecule has 0 atom stereocenters. The van der Waals surface area contributed by atoms with Crippen molar-refractivity contribution in [2.75, 3.05) is 7.11 Å². The minimum absolute atomic E-state index is 0.0923. The summed E-state index contributed by atoms with van der Waals surface area (Å²) in [5, 5.41) is 0.214. The molecule has 1 aliphatic rings. The largest absolute Gasteiger partial charge is 0.468 e. The molecule has 134 valence electrons. The SMILES string of the molecule is COC(=O)C1(c2ccc(CO[Si](C)(C)C(C)(C)C)cc2)CCCC1. The molecule has 0 amide bonds. The first-order chi connectivity index (χ1) is 11.1. The third-order valence-corrected chi connectivity index (χ3v) is 10.4. The van der Waals surface area contributed by atoms with E-state index in [1.807, 2.05) is 0 Å². The van der Waals surface area contributed by atoms with Crippen LogP contribution in [0.5, 0.6) is 0 Å². The molecule has 0 aliphatic heterocycles. The Morgan fingerprint density at radius 2 is 1.67 bits per heavy atom. The first kappa shape index (κ1) is 19.2. The number of hydrogen-bond donors (Lipinski definition) is 0. The zero-order valence-corrected chi connectivity index (χ0v) is 17.1. The average molecular weight is 349 g/mol. The molecule has 0 bridgehead atoms. The van der Waals surface area contributed by atoms with Gasteiger partial charge in [0, 0.05) is 0 Å². The summed E-state index contributed by atoms with van der Waals surface area (Å²) >= 11 is 0. The van der Waals surface area contributed by atoms with Crippen LogP contribution in [0.3, 0.4) is 0 Å². The molecule has 0 aromatic heterocycles. The van der Waals surface area contributed by atoms with E-state index in [1.54, 1.807) is 0 Å². The molecule has 4 heteroatoms. The van der Waals surface area contributed by atoms with Gasteiger partial charge in [-0.3, -0.25) is 4.79 Å². The molecule has 3 nitrogen and oxygen atoms in total. The smallest absolute Gasteiger partial charge is 0.316 e. The topological polar surface area (TPSA) is 35.5 Å². The number of esters is 1. The molecule has 1 aromatic rings. The van der Waals surface area contributed by atoms with Gasteiger partial charge in [-0.1, -0.05) is 57.9 Å². The van der Waals surface area contributed by atoms with Crippen molar-refractivity contribution in [3.05, 3.63) is 35.4 Å². The van der Waals surface area contributed by atoms with E-state index in [1.165, 1.54) is 12.7 Å². The van der Waals surface area contributed by atoms with Gasteiger partial charge in [-0.2, -0.15) is 0 Å². The maximum Gasteiger partial charge on any atom is 0.316 e. The second-order valence-electron chi connectivity index (χ2n) is 8.53. The summed E-state index contributed by atoms with van der Waals surface area (Å²) in [4.78, 5) is 12.3. The minimum atomic E-state index is -1.74. The lowest BCUT2D eigenvalue weighted by Crippen LogP contribution is -2.40. The Morgan fingerprint density at radius 3 is 2.12 bits per heavy atom. The van der Waals surface area contributed by atoms with E-state index in [2.05, 4.69) is 58.1 Å². The van der Waals surface area contributed by atoms with Crippen molar-refractivity contribution in [2.45, 2.75) is 76.6 Å². The van der Waals surface area contributed by atoms with Gasteiger partial charge in [0.25, 0.3) is 0 Å². The predicted molar refractivity (Wildman–Crippen MR) is 101 cm³/mol. The quantitative estimate of drug-likeness (QED) is 0.542. The normalized spacial score (nSPS) is 17.8. The van der Waals surface area contributed by atoms with E-state index < -0.39 is 13.7 Å². The zero-order valence-electron chi connectivity index (χ0n) is 16.1. The molecule has 0 unspecified atom stereocenters. The van der Waals surface area contributed by atoms with Crippen molar-refractivity contribution in [3.8, 4) is 0 Å². The summed E-state index contributed by atoms with van der Waals surface area (Å²) in [6.07, 6.45) is 3.95. The fraction of sp³-hybridized carbons (Fsp3) is 0.650. The Hall–Kier alpha value is -1.13. The van der Waals surface area contributed by atoms with Crippen LogP contribution in [0.25, 0.3) is 0 Å². The van der Waals surface area contributed by atoms with E-state index >= 15 is 0 Å². The summed E-state index contributed by atoms with van der Waals surface area (Å²) in [6.45, 7) is 11.9. The number of carbonyl (C=O) groups is 1. The highest BCUT2D eigenvalue weighted by molar-refractivity contribution is 6.74. The molecule has 1 aromatic carbocycles. The molecule has 1 aliphatic carbocycles. The number of rotatable bonds is 5. The summed E-state index contributed by atoms with van der Waals surface area (Å²) in [7, 11) is -0.250. The van der Waals surface area contributed by atoms with Crippen molar-refractivity contribution in [1.29, 1.82) is 0 Å². The summed E-state index contributed by atoms with van der Waals surface area (Å²) < 4.78 is 11.4. The predicted octanol–water partition coefficient (Wildman–Crippen LogP) is 5.19. The van der Waals surface area contributed by atoms with Crippen LogP contribution in [-0.4, -0.2) is 21.4 Å². The molecule has 1 saturated carbocycles. The standard InChI is InChI=1S/C20H32O3Si/c1-19(2,3)24(5,6)23-15-16-9-11-17(12-10-16)20(18(21)22-4)13-7-8-14-20/h9-12H,7-8,13-15H2,1-6H3. The Kier molecular flexibility index (Phi) is 5.60. The summed E-state index contributed by atoms with van der Waals surface area (Å²) in [5.74, 6) is -0.0923. The highest BCUT2D eigenvalue weighted by Crippen LogP contribution is 2.42. The molecular weight excluding hydrogens is 316 g/mol. The number of methoxy groups -OCH3 is 1. The van der Waals surface area contributed by atoms with Gasteiger partial charge in [-0.15, -0.1) is 0 Å². The first-order valence-corrected chi connectivity index (χ1v) is 11.8. The molecular formula is C20H32O3Si. The van der Waals surface area contributed by atoms with Crippen LogP contribution in [-0.2, 0) is 26.0 Å². The van der Waals surface area contributed by atoms with Crippen molar-refractivity contribution in [2.24, 2.45) is 0 Å². The van der Waals surface area contributed by atoms with Crippen LogP contribution in [0.1, 0.15) is 57.6 Å². The third kappa shape index (κ3) is 3.75. The molecule has 2 rings (SSSR count). The van der Waals surface area contributed by atoms with Crippen LogP contribution in [0.2, 0.25) is 18.1 Å². The molecule has 0 heterocycles. The zero-order chi connectivity index (χ0) is 18.0. The second-order valence-corrected chi connectivity index (χ2v) is 13.3. The lowest BCUT2D eigenvalue weighted by atomic mass is 9.78. The van der Waals surface area contributed by atoms with Crippen LogP contribution in [0.4, 0.5) is 0 Å². The Balaban J connectivity index is 2.12.